The van der Waals surface area contributed by atoms with E-state index in [1.54, 1.807) is 0 Å². The smallest absolute Gasteiger partial charge is 0.340 e. The monoisotopic (exact) mass is 174 g/mol. The van der Waals surface area contributed by atoms with Crippen LogP contribution in [0.3, 0.4) is 0 Å². The van der Waals surface area contributed by atoms with Crippen molar-refractivity contribution in [3.63, 3.8) is 0 Å². The fourth-order valence-electron chi connectivity index (χ4n) is 0.237. The van der Waals surface area contributed by atoms with Crippen LogP contribution >= 0.6 is 0 Å². The number of halogens is 4. The average molecular weight is 174 g/mol. The van der Waals surface area contributed by atoms with Gasteiger partial charge in [-0.2, -0.15) is 8.78 Å². The molecule has 66 valence electrons. The van der Waals surface area contributed by atoms with Gasteiger partial charge < -0.3 is 10.5 Å². The Bertz CT molecular complexity index is 149. The molecule has 0 aromatic rings. The molecular weight excluding hydrogens is 168 g/mol. The predicted molar refractivity (Wildman–Crippen MR) is 28.8 cm³/mol. The van der Waals surface area contributed by atoms with Gasteiger partial charge >= 0.3 is 12.3 Å². The number of ether oxygens (including phenoxy) is 1. The van der Waals surface area contributed by atoms with Crippen LogP contribution in [0.5, 0.6) is 0 Å². The zero-order valence-electron chi connectivity index (χ0n) is 5.28. The van der Waals surface area contributed by atoms with Crippen LogP contribution in [0.1, 0.15) is 0 Å². The topological polar surface area (TPSA) is 59.1 Å². The van der Waals surface area contributed by atoms with E-state index in [1.807, 2.05) is 0 Å². The zero-order valence-corrected chi connectivity index (χ0v) is 5.28. The first kappa shape index (κ1) is 9.99. The summed E-state index contributed by atoms with van der Waals surface area (Å²) in [6.45, 7) is -1.57. The summed E-state index contributed by atoms with van der Waals surface area (Å²) >= 11 is 0. The van der Waals surface area contributed by atoms with E-state index in [0.29, 0.717) is 0 Å². The molecule has 3 N–H and O–H groups in total. The van der Waals surface area contributed by atoms with Crippen molar-refractivity contribution >= 4 is 6.02 Å². The minimum atomic E-state index is -4.24. The zero-order chi connectivity index (χ0) is 9.07. The van der Waals surface area contributed by atoms with Gasteiger partial charge in [-0.05, 0) is 0 Å². The molecule has 0 aliphatic carbocycles. The van der Waals surface area contributed by atoms with Gasteiger partial charge in [-0.25, -0.2) is 8.78 Å². The van der Waals surface area contributed by atoms with Crippen molar-refractivity contribution in [1.82, 2.24) is 0 Å². The second-order valence-electron chi connectivity index (χ2n) is 1.71. The maximum Gasteiger partial charge on any atom is 0.340 e. The van der Waals surface area contributed by atoms with Crippen molar-refractivity contribution in [3.8, 4) is 0 Å². The van der Waals surface area contributed by atoms with Crippen LogP contribution in [-0.4, -0.2) is 25.0 Å². The summed E-state index contributed by atoms with van der Waals surface area (Å²) in [5, 5.41) is 6.29. The van der Waals surface area contributed by atoms with Crippen LogP contribution in [0.25, 0.3) is 0 Å². The van der Waals surface area contributed by atoms with E-state index in [-0.39, 0.29) is 0 Å². The first-order valence-electron chi connectivity index (χ1n) is 2.49. The van der Waals surface area contributed by atoms with E-state index in [9.17, 15) is 17.6 Å². The molecule has 0 radical (unpaired) electrons. The Labute approximate surface area is 59.6 Å². The van der Waals surface area contributed by atoms with Gasteiger partial charge in [-0.15, -0.1) is 0 Å². The lowest BCUT2D eigenvalue weighted by Gasteiger charge is -2.14. The summed E-state index contributed by atoms with van der Waals surface area (Å²) in [4.78, 5) is 0. The Kier molecular flexibility index (Phi) is 3.09. The molecule has 0 spiro atoms. The van der Waals surface area contributed by atoms with Gasteiger partial charge in [0, 0.05) is 0 Å². The van der Waals surface area contributed by atoms with Crippen LogP contribution < -0.4 is 5.73 Å². The van der Waals surface area contributed by atoms with Crippen molar-refractivity contribution in [2.75, 3.05) is 6.61 Å². The van der Waals surface area contributed by atoms with E-state index >= 15 is 0 Å². The summed E-state index contributed by atoms with van der Waals surface area (Å²) < 4.78 is 50.1. The molecule has 0 bridgehead atoms. The molecule has 0 aliphatic heterocycles. The molecule has 0 amide bonds. The summed E-state index contributed by atoms with van der Waals surface area (Å²) in [5.74, 6) is -4.24. The average Bonchev–Trinajstić information content (AvgIpc) is 1.84. The highest BCUT2D eigenvalue weighted by Crippen LogP contribution is 2.22. The standard InChI is InChI=1S/C4H6F4N2O/c5-2(6)4(7,8)1-11-3(9)10/h2H,1H2,(H3,9,10). The third kappa shape index (κ3) is 3.64. The predicted octanol–water partition coefficient (Wildman–Crippen LogP) is 0.797. The summed E-state index contributed by atoms with van der Waals surface area (Å²) in [5.41, 5.74) is 4.48. The number of nitrogens with two attached hydrogens (primary N) is 1. The van der Waals surface area contributed by atoms with Gasteiger partial charge in [0.25, 0.3) is 6.02 Å². The second kappa shape index (κ2) is 3.40. The van der Waals surface area contributed by atoms with E-state index in [1.165, 1.54) is 0 Å². The fourth-order valence-corrected chi connectivity index (χ4v) is 0.237. The largest absolute Gasteiger partial charge is 0.459 e. The fraction of sp³-hybridized carbons (Fsp3) is 0.750. The molecule has 0 unspecified atom stereocenters. The normalized spacial score (nSPS) is 11.7. The first-order chi connectivity index (χ1) is 4.86. The molecule has 0 atom stereocenters. The van der Waals surface area contributed by atoms with Crippen molar-refractivity contribution in [1.29, 1.82) is 5.41 Å². The number of alkyl halides is 4. The van der Waals surface area contributed by atoms with Crippen LogP contribution in [0.2, 0.25) is 0 Å². The van der Waals surface area contributed by atoms with Gasteiger partial charge in [0.2, 0.25) is 0 Å². The highest BCUT2D eigenvalue weighted by Gasteiger charge is 2.41. The van der Waals surface area contributed by atoms with Crippen molar-refractivity contribution < 1.29 is 22.3 Å². The SMILES string of the molecule is N=C(N)OCC(F)(F)C(F)F. The second-order valence-corrected chi connectivity index (χ2v) is 1.71. The van der Waals surface area contributed by atoms with Gasteiger partial charge in [0.05, 0.1) is 0 Å². The molecular formula is C4H6F4N2O. The van der Waals surface area contributed by atoms with Gasteiger partial charge in [-0.1, -0.05) is 0 Å². The lowest BCUT2D eigenvalue weighted by atomic mass is 10.4. The molecule has 0 fully saturated rings. The highest BCUT2D eigenvalue weighted by molar-refractivity contribution is 5.67. The quantitative estimate of drug-likeness (QED) is 0.377. The Hall–Kier alpha value is -1.01. The Morgan fingerprint density at radius 1 is 1.55 bits per heavy atom. The highest BCUT2D eigenvalue weighted by atomic mass is 19.3. The summed E-state index contributed by atoms with van der Waals surface area (Å²) in [6.07, 6.45) is -3.80. The van der Waals surface area contributed by atoms with E-state index < -0.39 is 25.0 Å². The Balaban J connectivity index is 3.82. The van der Waals surface area contributed by atoms with Crippen LogP contribution in [0.15, 0.2) is 0 Å². The summed E-state index contributed by atoms with van der Waals surface area (Å²) in [7, 11) is 0. The molecule has 11 heavy (non-hydrogen) atoms. The molecule has 0 aromatic carbocycles. The molecule has 0 rings (SSSR count). The van der Waals surface area contributed by atoms with E-state index in [0.717, 1.165) is 0 Å². The van der Waals surface area contributed by atoms with Crippen molar-refractivity contribution in [2.24, 2.45) is 5.73 Å². The van der Waals surface area contributed by atoms with Gasteiger partial charge in [0.1, 0.15) is 0 Å². The van der Waals surface area contributed by atoms with Gasteiger partial charge in [0.15, 0.2) is 6.61 Å². The molecule has 0 heterocycles. The molecule has 0 saturated carbocycles. The molecule has 0 aromatic heterocycles. The molecule has 3 nitrogen and oxygen atoms in total. The van der Waals surface area contributed by atoms with Crippen molar-refractivity contribution in [3.05, 3.63) is 0 Å². The third-order valence-corrected chi connectivity index (χ3v) is 0.739. The minimum Gasteiger partial charge on any atom is -0.459 e. The lowest BCUT2D eigenvalue weighted by Crippen LogP contribution is -2.34. The third-order valence-electron chi connectivity index (χ3n) is 0.739. The van der Waals surface area contributed by atoms with Gasteiger partial charge in [-0.3, -0.25) is 5.41 Å². The molecule has 7 heteroatoms. The number of hydrogen-bond donors (Lipinski definition) is 2. The number of nitrogens with one attached hydrogen (secondary N) is 1. The van der Waals surface area contributed by atoms with E-state index in [2.05, 4.69) is 10.5 Å². The maximum absolute atomic E-state index is 11.9. The number of rotatable bonds is 3. The number of amidine groups is 1. The Morgan fingerprint density at radius 3 is 2.27 bits per heavy atom. The molecule has 0 aliphatic rings. The minimum absolute atomic E-state index is 1.01. The maximum atomic E-state index is 11.9. The van der Waals surface area contributed by atoms with E-state index in [4.69, 9.17) is 5.41 Å². The number of hydrogen-bond acceptors (Lipinski definition) is 2. The van der Waals surface area contributed by atoms with Crippen LogP contribution in [0, 0.1) is 5.41 Å². The lowest BCUT2D eigenvalue weighted by molar-refractivity contribution is -0.150. The van der Waals surface area contributed by atoms with Crippen molar-refractivity contribution in [2.45, 2.75) is 12.3 Å². The summed E-state index contributed by atoms with van der Waals surface area (Å²) in [6, 6.07) is -1.01. The first-order valence-corrected chi connectivity index (χ1v) is 2.49. The molecule has 0 saturated heterocycles. The Morgan fingerprint density at radius 2 is 2.00 bits per heavy atom. The van der Waals surface area contributed by atoms with Crippen LogP contribution in [0.4, 0.5) is 17.6 Å². The van der Waals surface area contributed by atoms with Crippen LogP contribution in [-0.2, 0) is 4.74 Å².